The lowest BCUT2D eigenvalue weighted by atomic mass is 9.73. The van der Waals surface area contributed by atoms with Crippen LogP contribution in [0.15, 0.2) is 53.3 Å². The van der Waals surface area contributed by atoms with Crippen molar-refractivity contribution in [1.29, 1.82) is 0 Å². The molecule has 0 amide bonds. The fourth-order valence-electron chi connectivity index (χ4n) is 3.82. The van der Waals surface area contributed by atoms with E-state index in [-0.39, 0.29) is 22.0 Å². The van der Waals surface area contributed by atoms with Crippen molar-refractivity contribution in [3.63, 3.8) is 0 Å². The van der Waals surface area contributed by atoms with E-state index in [9.17, 15) is 14.1 Å². The Morgan fingerprint density at radius 2 is 2.00 bits per heavy atom. The molecular formula is C23H28FNO3. The van der Waals surface area contributed by atoms with Crippen LogP contribution in [0.25, 0.3) is 6.08 Å². The lowest BCUT2D eigenvalue weighted by Crippen LogP contribution is -2.21. The molecule has 2 rings (SSSR count). The zero-order valence-corrected chi connectivity index (χ0v) is 16.9. The first-order valence-electron chi connectivity index (χ1n) is 9.46. The van der Waals surface area contributed by atoms with Gasteiger partial charge in [0.05, 0.1) is 5.56 Å². The Hall–Kier alpha value is -2.56. The third-order valence-electron chi connectivity index (χ3n) is 5.02. The molecule has 0 aromatic heterocycles. The van der Waals surface area contributed by atoms with Gasteiger partial charge in [0.1, 0.15) is 11.9 Å². The molecule has 0 fully saturated rings. The molecule has 1 atom stereocenters. The predicted molar refractivity (Wildman–Crippen MR) is 111 cm³/mol. The number of nitroso groups, excluding NO2 is 1. The summed E-state index contributed by atoms with van der Waals surface area (Å²) in [6.07, 6.45) is 12.0. The molecule has 4 nitrogen and oxygen atoms in total. The van der Waals surface area contributed by atoms with E-state index in [1.807, 2.05) is 12.2 Å². The van der Waals surface area contributed by atoms with Crippen molar-refractivity contribution in [2.24, 2.45) is 16.0 Å². The quantitative estimate of drug-likeness (QED) is 0.597. The van der Waals surface area contributed by atoms with Crippen LogP contribution in [0, 0.1) is 21.6 Å². The molecule has 1 aliphatic carbocycles. The molecule has 1 N–H and O–H groups in total. The van der Waals surface area contributed by atoms with Gasteiger partial charge in [0, 0.05) is 5.56 Å². The minimum Gasteiger partial charge on any atom is -0.478 e. The summed E-state index contributed by atoms with van der Waals surface area (Å²) in [6.45, 7) is 8.85. The first-order valence-corrected chi connectivity index (χ1v) is 9.46. The molecule has 1 aromatic rings. The van der Waals surface area contributed by atoms with Crippen LogP contribution in [0.2, 0.25) is 0 Å². The Kier molecular flexibility index (Phi) is 6.70. The highest BCUT2D eigenvalue weighted by molar-refractivity contribution is 5.87. The van der Waals surface area contributed by atoms with Crippen molar-refractivity contribution in [1.82, 2.24) is 0 Å². The molecule has 28 heavy (non-hydrogen) atoms. The predicted octanol–water partition coefficient (Wildman–Crippen LogP) is 6.39. The average molecular weight is 385 g/mol. The Balaban J connectivity index is 2.28. The maximum absolute atomic E-state index is 14.1. The average Bonchev–Trinajstić information content (AvgIpc) is 2.63. The Morgan fingerprint density at radius 1 is 1.29 bits per heavy atom. The van der Waals surface area contributed by atoms with E-state index in [0.717, 1.165) is 30.9 Å². The summed E-state index contributed by atoms with van der Waals surface area (Å²) >= 11 is 0. The fraction of sp³-hybridized carbons (Fsp3) is 0.435. The van der Waals surface area contributed by atoms with Crippen LogP contribution in [0.4, 0.5) is 4.39 Å². The van der Waals surface area contributed by atoms with Gasteiger partial charge in [0.25, 0.3) is 0 Å². The molecule has 1 aliphatic rings. The van der Waals surface area contributed by atoms with Gasteiger partial charge in [-0.1, -0.05) is 69.3 Å². The number of carbonyl (C=O) groups is 1. The van der Waals surface area contributed by atoms with Crippen LogP contribution in [0.5, 0.6) is 0 Å². The van der Waals surface area contributed by atoms with E-state index in [0.29, 0.717) is 0 Å². The van der Waals surface area contributed by atoms with E-state index < -0.39 is 17.8 Å². The number of benzene rings is 1. The second-order valence-electron chi connectivity index (χ2n) is 8.86. The number of allylic oxidation sites excluding steroid dienone is 2. The van der Waals surface area contributed by atoms with E-state index >= 15 is 0 Å². The highest BCUT2D eigenvalue weighted by atomic mass is 19.1. The number of aromatic carboxylic acids is 1. The third-order valence-corrected chi connectivity index (χ3v) is 5.02. The normalized spacial score (nSPS) is 20.0. The molecule has 5 heteroatoms. The molecule has 0 aliphatic heterocycles. The SMILES string of the molecule is CC1(C)C=CC(C(C=Cc2ccc(C(=O)O)cc2F)N=O)=CCCC(C)(C)C1. The molecule has 0 saturated heterocycles. The molecule has 1 aromatic carbocycles. The minimum absolute atomic E-state index is 0.0111. The smallest absolute Gasteiger partial charge is 0.335 e. The van der Waals surface area contributed by atoms with Crippen molar-refractivity contribution in [2.75, 3.05) is 0 Å². The summed E-state index contributed by atoms with van der Waals surface area (Å²) in [5.41, 5.74) is 1.07. The van der Waals surface area contributed by atoms with Crippen LogP contribution in [-0.4, -0.2) is 17.1 Å². The van der Waals surface area contributed by atoms with Gasteiger partial charge in [-0.3, -0.25) is 0 Å². The minimum atomic E-state index is -1.19. The summed E-state index contributed by atoms with van der Waals surface area (Å²) in [4.78, 5) is 22.4. The molecule has 0 radical (unpaired) electrons. The number of carboxylic acid groups (broad SMARTS) is 1. The van der Waals surface area contributed by atoms with Crippen molar-refractivity contribution in [2.45, 2.75) is 53.0 Å². The number of hydrogen-bond acceptors (Lipinski definition) is 3. The van der Waals surface area contributed by atoms with E-state index in [4.69, 9.17) is 5.11 Å². The van der Waals surface area contributed by atoms with Crippen molar-refractivity contribution >= 4 is 12.0 Å². The molecule has 0 heterocycles. The topological polar surface area (TPSA) is 66.7 Å². The van der Waals surface area contributed by atoms with Gasteiger partial charge in [-0.15, -0.1) is 4.91 Å². The number of rotatable bonds is 5. The second kappa shape index (κ2) is 8.63. The molecule has 0 bridgehead atoms. The van der Waals surface area contributed by atoms with Crippen molar-refractivity contribution < 1.29 is 14.3 Å². The standard InChI is InChI=1S/C23H28FNO3/c1-22(2)12-5-6-17(11-13-23(3,4)15-22)20(25-28)10-9-16-7-8-18(21(26)27)14-19(16)24/h6-11,13-14,20H,5,12,15H2,1-4H3,(H,26,27). The Morgan fingerprint density at radius 3 is 2.61 bits per heavy atom. The molecule has 0 saturated carbocycles. The number of nitrogens with zero attached hydrogens (tertiary/aromatic N) is 1. The van der Waals surface area contributed by atoms with Crippen LogP contribution in [0.1, 0.15) is 62.9 Å². The van der Waals surface area contributed by atoms with Gasteiger partial charge < -0.3 is 5.11 Å². The molecule has 1 unspecified atom stereocenters. The first kappa shape index (κ1) is 21.7. The van der Waals surface area contributed by atoms with Gasteiger partial charge in [-0.2, -0.15) is 0 Å². The van der Waals surface area contributed by atoms with Gasteiger partial charge in [-0.25, -0.2) is 9.18 Å². The van der Waals surface area contributed by atoms with Crippen molar-refractivity contribution in [3.8, 4) is 0 Å². The molecule has 0 spiro atoms. The summed E-state index contributed by atoms with van der Waals surface area (Å²) < 4.78 is 14.1. The van der Waals surface area contributed by atoms with Gasteiger partial charge in [0.2, 0.25) is 0 Å². The van der Waals surface area contributed by atoms with Crippen LogP contribution in [-0.2, 0) is 0 Å². The number of hydrogen-bond donors (Lipinski definition) is 1. The zero-order valence-electron chi connectivity index (χ0n) is 16.9. The van der Waals surface area contributed by atoms with Gasteiger partial charge >= 0.3 is 5.97 Å². The molecule has 150 valence electrons. The summed E-state index contributed by atoms with van der Waals surface area (Å²) in [7, 11) is 0. The Labute approximate surface area is 165 Å². The monoisotopic (exact) mass is 385 g/mol. The zero-order chi connectivity index (χ0) is 20.9. The van der Waals surface area contributed by atoms with E-state index in [2.05, 4.69) is 38.9 Å². The molecular weight excluding hydrogens is 357 g/mol. The van der Waals surface area contributed by atoms with Crippen LogP contribution >= 0.6 is 0 Å². The maximum Gasteiger partial charge on any atom is 0.335 e. The van der Waals surface area contributed by atoms with Crippen LogP contribution < -0.4 is 0 Å². The summed E-state index contributed by atoms with van der Waals surface area (Å²) in [5.74, 6) is -1.84. The van der Waals surface area contributed by atoms with Crippen molar-refractivity contribution in [3.05, 3.63) is 69.9 Å². The maximum atomic E-state index is 14.1. The lowest BCUT2D eigenvalue weighted by Gasteiger charge is -2.32. The summed E-state index contributed by atoms with van der Waals surface area (Å²) in [6, 6.07) is 2.95. The van der Waals surface area contributed by atoms with Gasteiger partial charge in [0.15, 0.2) is 0 Å². The summed E-state index contributed by atoms with van der Waals surface area (Å²) in [5, 5.41) is 12.1. The number of halogens is 1. The highest BCUT2D eigenvalue weighted by Gasteiger charge is 2.27. The van der Waals surface area contributed by atoms with E-state index in [1.54, 1.807) is 6.08 Å². The van der Waals surface area contributed by atoms with Gasteiger partial charge in [-0.05, 0) is 47.8 Å². The third kappa shape index (κ3) is 5.98. The second-order valence-corrected chi connectivity index (χ2v) is 8.86. The van der Waals surface area contributed by atoms with E-state index in [1.165, 1.54) is 18.2 Å². The fourth-order valence-corrected chi connectivity index (χ4v) is 3.82. The Bertz CT molecular complexity index is 834. The largest absolute Gasteiger partial charge is 0.478 e. The van der Waals surface area contributed by atoms with Crippen LogP contribution in [0.3, 0.4) is 0 Å². The first-order chi connectivity index (χ1) is 13.0. The lowest BCUT2D eigenvalue weighted by molar-refractivity contribution is 0.0696. The number of carboxylic acids is 1. The highest BCUT2D eigenvalue weighted by Crippen LogP contribution is 2.39.